The van der Waals surface area contributed by atoms with Gasteiger partial charge in [0, 0.05) is 18.4 Å². The number of carbonyl (C=O) groups excluding carboxylic acids is 3. The predicted octanol–water partition coefficient (Wildman–Crippen LogP) is 4.49. The van der Waals surface area contributed by atoms with Crippen molar-refractivity contribution in [2.24, 2.45) is 0 Å². The second-order valence-electron chi connectivity index (χ2n) is 8.12. The first-order valence-corrected chi connectivity index (χ1v) is 11.3. The number of hydrogen-bond acceptors (Lipinski definition) is 4. The van der Waals surface area contributed by atoms with E-state index >= 15 is 0 Å². The smallest absolute Gasteiger partial charge is 0.335 e. The average molecular weight is 458 g/mol. The van der Waals surface area contributed by atoms with Gasteiger partial charge in [0.25, 0.3) is 11.8 Å². The summed E-state index contributed by atoms with van der Waals surface area (Å²) in [6, 6.07) is 18.0. The molecule has 2 aromatic carbocycles. The minimum atomic E-state index is -0.750. The van der Waals surface area contributed by atoms with Gasteiger partial charge in [-0.05, 0) is 67.8 Å². The number of benzene rings is 2. The van der Waals surface area contributed by atoms with Gasteiger partial charge in [-0.3, -0.25) is 14.9 Å². The Balaban J connectivity index is 1.46. The van der Waals surface area contributed by atoms with Crippen molar-refractivity contribution >= 4 is 29.6 Å². The van der Waals surface area contributed by atoms with E-state index in [2.05, 4.69) is 5.32 Å². The molecule has 174 valence electrons. The molecule has 0 unspecified atom stereocenters. The van der Waals surface area contributed by atoms with Gasteiger partial charge in [-0.25, -0.2) is 9.69 Å². The van der Waals surface area contributed by atoms with E-state index in [4.69, 9.17) is 4.74 Å². The molecular weight excluding hydrogens is 430 g/mol. The summed E-state index contributed by atoms with van der Waals surface area (Å²) >= 11 is 0. The van der Waals surface area contributed by atoms with Gasteiger partial charge in [-0.2, -0.15) is 0 Å². The van der Waals surface area contributed by atoms with Gasteiger partial charge in [0.15, 0.2) is 0 Å². The van der Waals surface area contributed by atoms with Gasteiger partial charge in [-0.15, -0.1) is 0 Å². The van der Waals surface area contributed by atoms with Crippen molar-refractivity contribution in [3.05, 3.63) is 89.3 Å². The second-order valence-corrected chi connectivity index (χ2v) is 8.12. The summed E-state index contributed by atoms with van der Waals surface area (Å²) < 4.78 is 7.73. The van der Waals surface area contributed by atoms with Crippen LogP contribution in [0.1, 0.15) is 30.2 Å². The number of nitrogens with zero attached hydrogens (tertiary/aromatic N) is 2. The summed E-state index contributed by atoms with van der Waals surface area (Å²) in [5.41, 5.74) is 3.29. The lowest BCUT2D eigenvalue weighted by atomic mass is 10.1. The fraction of sp³-hybridized carbons (Fsp3) is 0.222. The first kappa shape index (κ1) is 23.0. The molecule has 7 heteroatoms. The number of urea groups is 1. The molecule has 1 aromatic heterocycles. The summed E-state index contributed by atoms with van der Waals surface area (Å²) in [5.74, 6) is -0.526. The number of nitrogens with one attached hydrogen (secondary N) is 1. The number of amides is 4. The Morgan fingerprint density at radius 2 is 1.71 bits per heavy atom. The van der Waals surface area contributed by atoms with Crippen molar-refractivity contribution < 1.29 is 19.1 Å². The van der Waals surface area contributed by atoms with Crippen molar-refractivity contribution in [3.8, 4) is 5.75 Å². The lowest BCUT2D eigenvalue weighted by Gasteiger charge is -2.26. The zero-order valence-corrected chi connectivity index (χ0v) is 19.3. The molecule has 1 N–H and O–H groups in total. The third-order valence-corrected chi connectivity index (χ3v) is 5.69. The van der Waals surface area contributed by atoms with E-state index in [1.54, 1.807) is 12.1 Å². The third kappa shape index (κ3) is 5.09. The summed E-state index contributed by atoms with van der Waals surface area (Å²) in [7, 11) is 0. The van der Waals surface area contributed by atoms with Gasteiger partial charge >= 0.3 is 6.03 Å². The van der Waals surface area contributed by atoms with Gasteiger partial charge in [0.05, 0.1) is 12.3 Å². The molecule has 34 heavy (non-hydrogen) atoms. The summed E-state index contributed by atoms with van der Waals surface area (Å²) in [4.78, 5) is 39.0. The number of aromatic nitrogens is 1. The quantitative estimate of drug-likeness (QED) is 0.307. The van der Waals surface area contributed by atoms with Gasteiger partial charge in [0.2, 0.25) is 0 Å². The number of carbonyl (C=O) groups is 3. The third-order valence-electron chi connectivity index (χ3n) is 5.69. The fourth-order valence-corrected chi connectivity index (χ4v) is 3.74. The van der Waals surface area contributed by atoms with E-state index in [1.807, 2.05) is 73.1 Å². The Bertz CT molecular complexity index is 1220. The Morgan fingerprint density at radius 1 is 0.971 bits per heavy atom. The molecule has 1 fully saturated rings. The van der Waals surface area contributed by atoms with Crippen LogP contribution in [0.15, 0.2) is 72.4 Å². The van der Waals surface area contributed by atoms with E-state index in [-0.39, 0.29) is 5.57 Å². The van der Waals surface area contributed by atoms with E-state index in [0.717, 1.165) is 29.1 Å². The standard InChI is InChI=1S/C27H27N3O4/c1-3-20-9-11-21(12-10-20)30-26(32)24(25(31)28-27(30)33)18-22-6-4-15-29(22)16-5-17-34-23-13-7-19(2)8-14-23/h4,6-15,18H,3,5,16-17H2,1-2H3,(H,28,31,33)/b24-18+. The Labute approximate surface area is 198 Å². The fourth-order valence-electron chi connectivity index (χ4n) is 3.74. The van der Waals surface area contributed by atoms with E-state index in [9.17, 15) is 14.4 Å². The molecule has 4 rings (SSSR count). The van der Waals surface area contributed by atoms with Crippen molar-refractivity contribution in [1.29, 1.82) is 0 Å². The van der Waals surface area contributed by atoms with Crippen LogP contribution in [0, 0.1) is 6.92 Å². The maximum absolute atomic E-state index is 13.1. The largest absolute Gasteiger partial charge is 0.494 e. The molecule has 1 aliphatic rings. The van der Waals surface area contributed by atoms with Crippen LogP contribution in [0.2, 0.25) is 0 Å². The maximum Gasteiger partial charge on any atom is 0.335 e. The second kappa shape index (κ2) is 10.2. The SMILES string of the molecule is CCc1ccc(N2C(=O)NC(=O)/C(=C\c3cccn3CCCOc3ccc(C)cc3)C2=O)cc1. The molecule has 0 spiro atoms. The Hall–Kier alpha value is -4.13. The number of ether oxygens (including phenoxy) is 1. The normalized spacial score (nSPS) is 15.1. The number of rotatable bonds is 8. The van der Waals surface area contributed by atoms with Crippen LogP contribution in [0.5, 0.6) is 5.75 Å². The maximum atomic E-state index is 13.1. The van der Waals surface area contributed by atoms with Crippen LogP contribution in [0.4, 0.5) is 10.5 Å². The van der Waals surface area contributed by atoms with Crippen LogP contribution >= 0.6 is 0 Å². The van der Waals surface area contributed by atoms with E-state index in [0.29, 0.717) is 24.5 Å². The highest BCUT2D eigenvalue weighted by Crippen LogP contribution is 2.23. The molecule has 0 atom stereocenters. The Morgan fingerprint density at radius 3 is 2.41 bits per heavy atom. The first-order chi connectivity index (χ1) is 16.5. The van der Waals surface area contributed by atoms with Crippen LogP contribution in [0.25, 0.3) is 6.08 Å². The van der Waals surface area contributed by atoms with Crippen LogP contribution in [-0.2, 0) is 22.6 Å². The molecule has 0 bridgehead atoms. The molecule has 0 saturated carbocycles. The minimum Gasteiger partial charge on any atom is -0.494 e. The number of imide groups is 2. The van der Waals surface area contributed by atoms with Crippen molar-refractivity contribution in [2.75, 3.05) is 11.5 Å². The summed E-state index contributed by atoms with van der Waals surface area (Å²) in [6.45, 7) is 5.24. The monoisotopic (exact) mass is 457 g/mol. The van der Waals surface area contributed by atoms with Crippen LogP contribution in [0.3, 0.4) is 0 Å². The highest BCUT2D eigenvalue weighted by molar-refractivity contribution is 6.39. The van der Waals surface area contributed by atoms with Crippen LogP contribution < -0.4 is 15.0 Å². The highest BCUT2D eigenvalue weighted by atomic mass is 16.5. The first-order valence-electron chi connectivity index (χ1n) is 11.3. The van der Waals surface area contributed by atoms with Crippen molar-refractivity contribution in [3.63, 3.8) is 0 Å². The lowest BCUT2D eigenvalue weighted by molar-refractivity contribution is -0.122. The lowest BCUT2D eigenvalue weighted by Crippen LogP contribution is -2.54. The number of hydrogen-bond donors (Lipinski definition) is 1. The van der Waals surface area contributed by atoms with E-state index < -0.39 is 17.8 Å². The molecule has 1 aliphatic heterocycles. The molecule has 7 nitrogen and oxygen atoms in total. The number of barbiturate groups is 1. The summed E-state index contributed by atoms with van der Waals surface area (Å²) in [5, 5.41) is 2.27. The van der Waals surface area contributed by atoms with Gasteiger partial charge in [-0.1, -0.05) is 36.8 Å². The molecule has 2 heterocycles. The Kier molecular flexibility index (Phi) is 6.92. The number of anilines is 1. The van der Waals surface area contributed by atoms with E-state index in [1.165, 1.54) is 11.6 Å². The van der Waals surface area contributed by atoms with Crippen molar-refractivity contribution in [2.45, 2.75) is 33.2 Å². The van der Waals surface area contributed by atoms with Gasteiger partial charge < -0.3 is 9.30 Å². The molecule has 0 radical (unpaired) electrons. The zero-order chi connectivity index (χ0) is 24.1. The predicted molar refractivity (Wildman–Crippen MR) is 131 cm³/mol. The molecule has 3 aromatic rings. The van der Waals surface area contributed by atoms with Crippen LogP contribution in [-0.4, -0.2) is 29.0 Å². The number of aryl methyl sites for hydroxylation is 3. The minimum absolute atomic E-state index is 0.0879. The average Bonchev–Trinajstić information content (AvgIpc) is 3.28. The van der Waals surface area contributed by atoms with Crippen molar-refractivity contribution in [1.82, 2.24) is 9.88 Å². The molecule has 0 aliphatic carbocycles. The zero-order valence-electron chi connectivity index (χ0n) is 19.3. The highest BCUT2D eigenvalue weighted by Gasteiger charge is 2.36. The summed E-state index contributed by atoms with van der Waals surface area (Å²) in [6.07, 6.45) is 5.00. The topological polar surface area (TPSA) is 80.6 Å². The molecule has 4 amide bonds. The molecular formula is C27H27N3O4. The van der Waals surface area contributed by atoms with Gasteiger partial charge in [0.1, 0.15) is 11.3 Å². The molecule has 1 saturated heterocycles.